The van der Waals surface area contributed by atoms with E-state index in [1.807, 2.05) is 0 Å². The Bertz CT molecular complexity index is 1210. The molecule has 0 bridgehead atoms. The van der Waals surface area contributed by atoms with Crippen LogP contribution in [0.1, 0.15) is 45.6 Å². The van der Waals surface area contributed by atoms with Gasteiger partial charge in [-0.25, -0.2) is 8.78 Å². The van der Waals surface area contributed by atoms with Crippen LogP contribution in [0.4, 0.5) is 8.78 Å². The van der Waals surface area contributed by atoms with Gasteiger partial charge in [-0.2, -0.15) is 0 Å². The number of hydrogen-bond acceptors (Lipinski definition) is 4. The van der Waals surface area contributed by atoms with E-state index in [1.165, 1.54) is 36.7 Å². The number of fused-ring (bicyclic) bond motifs is 1. The molecule has 0 saturated heterocycles. The van der Waals surface area contributed by atoms with E-state index in [4.69, 9.17) is 17.3 Å². The van der Waals surface area contributed by atoms with Gasteiger partial charge in [-0.3, -0.25) is 14.6 Å². The van der Waals surface area contributed by atoms with Gasteiger partial charge in [0.2, 0.25) is 5.91 Å². The van der Waals surface area contributed by atoms with Crippen molar-refractivity contribution in [2.45, 2.75) is 24.9 Å². The Kier molecular flexibility index (Phi) is 5.80. The monoisotopic (exact) mass is 457 g/mol. The van der Waals surface area contributed by atoms with Gasteiger partial charge in [-0.1, -0.05) is 23.7 Å². The number of amides is 2. The molecule has 3 aromatic rings. The molecule has 2 aromatic carbocycles. The maximum atomic E-state index is 14.5. The zero-order valence-electron chi connectivity index (χ0n) is 16.6. The first-order valence-electron chi connectivity index (χ1n) is 9.76. The van der Waals surface area contributed by atoms with Crippen LogP contribution in [-0.2, 0) is 11.2 Å². The predicted molar refractivity (Wildman–Crippen MR) is 113 cm³/mol. The van der Waals surface area contributed by atoms with Crippen LogP contribution in [0.2, 0.25) is 5.02 Å². The first-order valence-corrected chi connectivity index (χ1v) is 10.1. The van der Waals surface area contributed by atoms with Crippen LogP contribution in [-0.4, -0.2) is 26.8 Å². The molecule has 2 atom stereocenters. The molecule has 1 aliphatic carbocycles. The van der Waals surface area contributed by atoms with Crippen LogP contribution in [0.5, 0.6) is 5.75 Å². The lowest BCUT2D eigenvalue weighted by Crippen LogP contribution is -2.43. The third kappa shape index (κ3) is 3.78. The average molecular weight is 458 g/mol. The van der Waals surface area contributed by atoms with Crippen molar-refractivity contribution in [3.8, 4) is 5.75 Å². The standard InChI is InChI=1S/C23H18ClF2N3O3/c24-13-9-16-14(18(26)10-13)6-7-19(16)29(20(22(27)31)12-3-2-8-28-11-12)23(32)15-4-1-5-17(25)21(15)30/h1-5,8-11,19-20,30H,6-7H2,(H2,27,31)/t19-,20?/m1/s1. The fraction of sp³-hybridized carbons (Fsp3) is 0.174. The van der Waals surface area contributed by atoms with Crippen molar-refractivity contribution in [1.82, 2.24) is 9.88 Å². The van der Waals surface area contributed by atoms with E-state index in [0.717, 1.165) is 11.0 Å². The molecule has 0 aliphatic heterocycles. The van der Waals surface area contributed by atoms with E-state index in [-0.39, 0.29) is 17.0 Å². The molecule has 0 saturated carbocycles. The largest absolute Gasteiger partial charge is 0.504 e. The summed E-state index contributed by atoms with van der Waals surface area (Å²) >= 11 is 6.07. The molecule has 1 aromatic heterocycles. The summed E-state index contributed by atoms with van der Waals surface area (Å²) in [5.74, 6) is -4.07. The molecule has 0 fully saturated rings. The zero-order chi connectivity index (χ0) is 23.0. The maximum Gasteiger partial charge on any atom is 0.259 e. The summed E-state index contributed by atoms with van der Waals surface area (Å²) in [5, 5.41) is 10.3. The van der Waals surface area contributed by atoms with Gasteiger partial charge in [0, 0.05) is 23.0 Å². The lowest BCUT2D eigenvalue weighted by Gasteiger charge is -2.35. The van der Waals surface area contributed by atoms with Crippen molar-refractivity contribution in [3.63, 3.8) is 0 Å². The number of primary amides is 1. The molecule has 2 amide bonds. The number of aromatic nitrogens is 1. The van der Waals surface area contributed by atoms with Gasteiger partial charge in [-0.15, -0.1) is 0 Å². The number of para-hydroxylation sites is 1. The van der Waals surface area contributed by atoms with Crippen molar-refractivity contribution < 1.29 is 23.5 Å². The summed E-state index contributed by atoms with van der Waals surface area (Å²) in [6, 6.07) is 7.26. The molecule has 1 unspecified atom stereocenters. The number of benzene rings is 2. The quantitative estimate of drug-likeness (QED) is 0.603. The number of halogens is 3. The topological polar surface area (TPSA) is 96.5 Å². The summed E-state index contributed by atoms with van der Waals surface area (Å²) in [6.45, 7) is 0. The van der Waals surface area contributed by atoms with Gasteiger partial charge < -0.3 is 15.7 Å². The second-order valence-corrected chi connectivity index (χ2v) is 7.89. The molecular formula is C23H18ClF2N3O3. The minimum atomic E-state index is -1.31. The van der Waals surface area contributed by atoms with E-state index < -0.39 is 41.3 Å². The molecule has 164 valence electrons. The summed E-state index contributed by atoms with van der Waals surface area (Å²) in [4.78, 5) is 31.4. The third-order valence-electron chi connectivity index (χ3n) is 5.56. The van der Waals surface area contributed by atoms with Gasteiger partial charge in [0.05, 0.1) is 11.6 Å². The highest BCUT2D eigenvalue weighted by Gasteiger charge is 2.41. The second kappa shape index (κ2) is 8.55. The Morgan fingerprint density at radius 1 is 1.19 bits per heavy atom. The van der Waals surface area contributed by atoms with Crippen molar-refractivity contribution in [2.24, 2.45) is 5.73 Å². The van der Waals surface area contributed by atoms with Crippen molar-refractivity contribution in [2.75, 3.05) is 0 Å². The number of carbonyl (C=O) groups is 2. The third-order valence-corrected chi connectivity index (χ3v) is 5.78. The van der Waals surface area contributed by atoms with Gasteiger partial charge in [-0.05, 0) is 54.3 Å². The summed E-state index contributed by atoms with van der Waals surface area (Å²) in [6.07, 6.45) is 3.45. The number of rotatable bonds is 5. The van der Waals surface area contributed by atoms with Gasteiger partial charge in [0.15, 0.2) is 11.6 Å². The number of nitrogens with two attached hydrogens (primary N) is 1. The highest BCUT2D eigenvalue weighted by molar-refractivity contribution is 6.30. The molecule has 6 nitrogen and oxygen atoms in total. The number of carbonyl (C=O) groups excluding carboxylic acids is 2. The Hall–Kier alpha value is -3.52. The first-order chi connectivity index (χ1) is 15.3. The van der Waals surface area contributed by atoms with Crippen LogP contribution >= 0.6 is 11.6 Å². The zero-order valence-corrected chi connectivity index (χ0v) is 17.4. The van der Waals surface area contributed by atoms with E-state index >= 15 is 0 Å². The number of phenols is 1. The molecule has 3 N–H and O–H groups in total. The Morgan fingerprint density at radius 3 is 2.66 bits per heavy atom. The maximum absolute atomic E-state index is 14.5. The van der Waals surface area contributed by atoms with Crippen LogP contribution in [0.25, 0.3) is 0 Å². The number of aromatic hydroxyl groups is 1. The van der Waals surface area contributed by atoms with Crippen LogP contribution in [0.15, 0.2) is 54.9 Å². The SMILES string of the molecule is NC(=O)C(c1cccnc1)N(C(=O)c1cccc(F)c1O)[C@@H]1CCc2c(F)cc(Cl)cc21. The van der Waals surface area contributed by atoms with E-state index in [1.54, 1.807) is 12.1 Å². The highest BCUT2D eigenvalue weighted by atomic mass is 35.5. The summed E-state index contributed by atoms with van der Waals surface area (Å²) in [7, 11) is 0. The Labute approximate surface area is 187 Å². The average Bonchev–Trinajstić information content (AvgIpc) is 3.17. The molecule has 0 spiro atoms. The van der Waals surface area contributed by atoms with Crippen LogP contribution < -0.4 is 5.73 Å². The lowest BCUT2D eigenvalue weighted by molar-refractivity contribution is -0.123. The van der Waals surface area contributed by atoms with Crippen LogP contribution in [0, 0.1) is 11.6 Å². The lowest BCUT2D eigenvalue weighted by atomic mass is 9.98. The molecular weight excluding hydrogens is 440 g/mol. The fourth-order valence-corrected chi connectivity index (χ4v) is 4.39. The predicted octanol–water partition coefficient (Wildman–Crippen LogP) is 4.08. The van der Waals surface area contributed by atoms with Crippen LogP contribution in [0.3, 0.4) is 0 Å². The van der Waals surface area contributed by atoms with Crippen molar-refractivity contribution >= 4 is 23.4 Å². The minimum absolute atomic E-state index is 0.131. The van der Waals surface area contributed by atoms with Gasteiger partial charge in [0.1, 0.15) is 11.9 Å². The number of nitrogens with zero attached hydrogens (tertiary/aromatic N) is 2. The van der Waals surface area contributed by atoms with E-state index in [0.29, 0.717) is 23.1 Å². The summed E-state index contributed by atoms with van der Waals surface area (Å²) < 4.78 is 28.6. The molecule has 9 heteroatoms. The summed E-state index contributed by atoms with van der Waals surface area (Å²) in [5.41, 5.74) is 6.47. The highest BCUT2D eigenvalue weighted by Crippen LogP contribution is 2.43. The minimum Gasteiger partial charge on any atom is -0.504 e. The molecule has 0 radical (unpaired) electrons. The molecule has 1 heterocycles. The van der Waals surface area contributed by atoms with Gasteiger partial charge in [0.25, 0.3) is 5.91 Å². The van der Waals surface area contributed by atoms with E-state index in [2.05, 4.69) is 4.98 Å². The smallest absolute Gasteiger partial charge is 0.259 e. The van der Waals surface area contributed by atoms with Crippen molar-refractivity contribution in [1.29, 1.82) is 0 Å². The fourth-order valence-electron chi connectivity index (χ4n) is 4.18. The van der Waals surface area contributed by atoms with Gasteiger partial charge >= 0.3 is 0 Å². The Morgan fingerprint density at radius 2 is 1.97 bits per heavy atom. The normalized spacial score (nSPS) is 15.8. The van der Waals surface area contributed by atoms with Crippen molar-refractivity contribution in [3.05, 3.63) is 93.8 Å². The number of pyridine rings is 1. The number of phenolic OH excluding ortho intramolecular Hbond substituents is 1. The molecule has 4 rings (SSSR count). The molecule has 32 heavy (non-hydrogen) atoms. The van der Waals surface area contributed by atoms with E-state index in [9.17, 15) is 23.5 Å². The Balaban J connectivity index is 1.91. The first kappa shape index (κ1) is 21.7. The second-order valence-electron chi connectivity index (χ2n) is 7.45. The molecule has 1 aliphatic rings. The number of hydrogen-bond donors (Lipinski definition) is 2.